The van der Waals surface area contributed by atoms with Gasteiger partial charge in [-0.05, 0) is 74.4 Å². The first-order valence-electron chi connectivity index (χ1n) is 11.9. The summed E-state index contributed by atoms with van der Waals surface area (Å²) >= 11 is 0. The highest BCUT2D eigenvalue weighted by Gasteiger charge is 2.18. The lowest BCUT2D eigenvalue weighted by atomic mass is 10.1. The molecule has 0 radical (unpaired) electrons. The number of hydrogen-bond acceptors (Lipinski definition) is 7. The number of ether oxygens (including phenoxy) is 4. The predicted molar refractivity (Wildman–Crippen MR) is 126 cm³/mol. The summed E-state index contributed by atoms with van der Waals surface area (Å²) in [4.78, 5) is 35.5. The Morgan fingerprint density at radius 3 is 2.38 bits per heavy atom. The summed E-state index contributed by atoms with van der Waals surface area (Å²) in [5.74, 6) is 0.514. The third-order valence-corrected chi connectivity index (χ3v) is 5.73. The van der Waals surface area contributed by atoms with Gasteiger partial charge in [0.1, 0.15) is 17.2 Å². The molecule has 34 heavy (non-hydrogen) atoms. The van der Waals surface area contributed by atoms with Crippen molar-refractivity contribution in [1.29, 1.82) is 0 Å². The van der Waals surface area contributed by atoms with Crippen LogP contribution < -0.4 is 14.2 Å². The van der Waals surface area contributed by atoms with Crippen LogP contribution in [0.1, 0.15) is 68.3 Å². The average molecular weight is 469 g/mol. The largest absolute Gasteiger partial charge is 0.494 e. The quantitative estimate of drug-likeness (QED) is 0.238. The maximum absolute atomic E-state index is 12.4. The Morgan fingerprint density at radius 2 is 1.65 bits per heavy atom. The molecule has 0 spiro atoms. The molecule has 1 unspecified atom stereocenters. The molecule has 3 rings (SSSR count). The molecule has 0 fully saturated rings. The van der Waals surface area contributed by atoms with Gasteiger partial charge >= 0.3 is 17.9 Å². The Morgan fingerprint density at radius 1 is 0.941 bits per heavy atom. The Bertz CT molecular complexity index is 981. The summed E-state index contributed by atoms with van der Waals surface area (Å²) < 4.78 is 21.6. The second-order valence-electron chi connectivity index (χ2n) is 8.40. The molecule has 0 bridgehead atoms. The van der Waals surface area contributed by atoms with Crippen LogP contribution >= 0.6 is 0 Å². The molecule has 0 aromatic heterocycles. The Labute approximate surface area is 200 Å². The van der Waals surface area contributed by atoms with E-state index in [4.69, 9.17) is 18.9 Å². The topological polar surface area (TPSA) is 88.1 Å². The molecule has 1 aliphatic heterocycles. The van der Waals surface area contributed by atoms with Crippen LogP contribution in [0.25, 0.3) is 0 Å². The lowest BCUT2D eigenvalue weighted by Crippen LogP contribution is -2.16. The van der Waals surface area contributed by atoms with E-state index in [2.05, 4.69) is 0 Å². The normalized spacial score (nSPS) is 13.4. The van der Waals surface area contributed by atoms with Crippen molar-refractivity contribution in [2.75, 3.05) is 13.2 Å². The molecule has 2 aromatic carbocycles. The molecule has 7 nitrogen and oxygen atoms in total. The predicted octanol–water partition coefficient (Wildman–Crippen LogP) is 5.29. The second-order valence-corrected chi connectivity index (χ2v) is 8.40. The smallest absolute Gasteiger partial charge is 0.343 e. The fourth-order valence-electron chi connectivity index (χ4n) is 3.39. The number of carbonyl (C=O) groups excluding carboxylic acids is 3. The third-order valence-electron chi connectivity index (χ3n) is 5.73. The summed E-state index contributed by atoms with van der Waals surface area (Å²) in [6.07, 6.45) is 5.49. The number of esters is 3. The lowest BCUT2D eigenvalue weighted by Gasteiger charge is -2.16. The van der Waals surface area contributed by atoms with Crippen molar-refractivity contribution in [1.82, 2.24) is 0 Å². The fourth-order valence-corrected chi connectivity index (χ4v) is 3.39. The molecule has 0 aliphatic carbocycles. The van der Waals surface area contributed by atoms with Gasteiger partial charge in [-0.25, -0.2) is 4.79 Å². The number of unbranched alkanes of at least 4 members (excludes halogenated alkanes) is 3. The molecule has 0 saturated heterocycles. The first kappa shape index (κ1) is 25.3. The molecular weight excluding hydrogens is 436 g/mol. The van der Waals surface area contributed by atoms with E-state index in [-0.39, 0.29) is 17.9 Å². The minimum Gasteiger partial charge on any atom is -0.494 e. The first-order chi connectivity index (χ1) is 16.5. The van der Waals surface area contributed by atoms with E-state index in [0.29, 0.717) is 48.9 Å². The molecule has 1 atom stereocenters. The summed E-state index contributed by atoms with van der Waals surface area (Å²) in [5.41, 5.74) is 1.32. The Kier molecular flexibility index (Phi) is 9.50. The minimum atomic E-state index is -0.498. The number of benzene rings is 2. The second kappa shape index (κ2) is 12.8. The molecule has 182 valence electrons. The molecule has 2 aromatic rings. The lowest BCUT2D eigenvalue weighted by molar-refractivity contribution is -0.148. The van der Waals surface area contributed by atoms with E-state index >= 15 is 0 Å². The van der Waals surface area contributed by atoms with Gasteiger partial charge in [-0.15, -0.1) is 0 Å². The summed E-state index contributed by atoms with van der Waals surface area (Å²) in [6, 6.07) is 11.9. The number of carbonyl (C=O) groups is 3. The van der Waals surface area contributed by atoms with Crippen LogP contribution in [0.2, 0.25) is 0 Å². The molecule has 0 N–H and O–H groups in total. The molecular formula is C27H32O7. The van der Waals surface area contributed by atoms with Crippen LogP contribution in [0.3, 0.4) is 0 Å². The van der Waals surface area contributed by atoms with Crippen molar-refractivity contribution in [3.8, 4) is 17.2 Å². The van der Waals surface area contributed by atoms with E-state index in [9.17, 15) is 14.4 Å². The number of aryl methyl sites for hydroxylation is 1. The van der Waals surface area contributed by atoms with E-state index in [1.165, 1.54) is 0 Å². The molecule has 0 saturated carbocycles. The van der Waals surface area contributed by atoms with Crippen LogP contribution in [-0.2, 0) is 20.7 Å². The van der Waals surface area contributed by atoms with Crippen molar-refractivity contribution in [2.24, 2.45) is 5.92 Å². The molecule has 7 heteroatoms. The molecule has 0 amide bonds. The number of fused-ring (bicyclic) bond motifs is 1. The van der Waals surface area contributed by atoms with Crippen molar-refractivity contribution in [2.45, 2.75) is 58.8 Å². The monoisotopic (exact) mass is 468 g/mol. The highest BCUT2D eigenvalue weighted by molar-refractivity contribution is 5.91. The maximum atomic E-state index is 12.4. The van der Waals surface area contributed by atoms with Gasteiger partial charge < -0.3 is 18.9 Å². The molecule has 1 aliphatic rings. The Hall–Kier alpha value is -3.35. The summed E-state index contributed by atoms with van der Waals surface area (Å²) in [6.45, 7) is 4.90. The Balaban J connectivity index is 1.34. The zero-order valence-electron chi connectivity index (χ0n) is 19.8. The first-order valence-corrected chi connectivity index (χ1v) is 11.9. The van der Waals surface area contributed by atoms with Gasteiger partial charge in [-0.2, -0.15) is 0 Å². The number of rotatable bonds is 12. The van der Waals surface area contributed by atoms with Gasteiger partial charge in [0.05, 0.1) is 31.1 Å². The zero-order chi connectivity index (χ0) is 24.3. The van der Waals surface area contributed by atoms with E-state index in [0.717, 1.165) is 37.7 Å². The minimum absolute atomic E-state index is 0.0354. The van der Waals surface area contributed by atoms with Crippen molar-refractivity contribution >= 4 is 17.9 Å². The zero-order valence-corrected chi connectivity index (χ0v) is 19.8. The fraction of sp³-hybridized carbons (Fsp3) is 0.444. The summed E-state index contributed by atoms with van der Waals surface area (Å²) in [5, 5.41) is 0. The van der Waals surface area contributed by atoms with E-state index < -0.39 is 5.97 Å². The SMILES string of the molecule is CCC(C)C(=O)OCCCCCCOc1ccc(C(=O)Oc2ccc3c(c2)OC(=O)CC3)cc1. The van der Waals surface area contributed by atoms with Crippen LogP contribution in [0.4, 0.5) is 0 Å². The van der Waals surface area contributed by atoms with Crippen LogP contribution in [0.15, 0.2) is 42.5 Å². The van der Waals surface area contributed by atoms with Gasteiger partial charge in [-0.1, -0.05) is 19.9 Å². The summed E-state index contributed by atoms with van der Waals surface area (Å²) in [7, 11) is 0. The number of hydrogen-bond donors (Lipinski definition) is 0. The third kappa shape index (κ3) is 7.61. The van der Waals surface area contributed by atoms with Crippen LogP contribution in [0, 0.1) is 5.92 Å². The van der Waals surface area contributed by atoms with Gasteiger partial charge in [0.15, 0.2) is 0 Å². The average Bonchev–Trinajstić information content (AvgIpc) is 2.85. The maximum Gasteiger partial charge on any atom is 0.343 e. The highest BCUT2D eigenvalue weighted by Crippen LogP contribution is 2.30. The van der Waals surface area contributed by atoms with Gasteiger partial charge in [0.2, 0.25) is 0 Å². The van der Waals surface area contributed by atoms with Crippen LogP contribution in [-0.4, -0.2) is 31.1 Å². The van der Waals surface area contributed by atoms with Gasteiger partial charge in [-0.3, -0.25) is 9.59 Å². The van der Waals surface area contributed by atoms with E-state index in [1.54, 1.807) is 42.5 Å². The van der Waals surface area contributed by atoms with Crippen molar-refractivity contribution < 1.29 is 33.3 Å². The molecule has 1 heterocycles. The standard InChI is InChI=1S/C27H32O7/c1-3-19(2)26(29)32-17-7-5-4-6-16-31-22-12-9-21(10-13-22)27(30)33-23-14-8-20-11-15-25(28)34-24(20)18-23/h8-10,12-14,18-19H,3-7,11,15-17H2,1-2H3. The van der Waals surface area contributed by atoms with Crippen molar-refractivity contribution in [3.63, 3.8) is 0 Å². The van der Waals surface area contributed by atoms with Crippen LogP contribution in [0.5, 0.6) is 17.2 Å². The van der Waals surface area contributed by atoms with E-state index in [1.807, 2.05) is 13.8 Å². The van der Waals surface area contributed by atoms with Gasteiger partial charge in [0.25, 0.3) is 0 Å². The highest BCUT2D eigenvalue weighted by atomic mass is 16.5. The van der Waals surface area contributed by atoms with Gasteiger partial charge in [0, 0.05) is 6.07 Å². The van der Waals surface area contributed by atoms with Crippen molar-refractivity contribution in [3.05, 3.63) is 53.6 Å².